The lowest BCUT2D eigenvalue weighted by Crippen LogP contribution is -2.34. The van der Waals surface area contributed by atoms with Gasteiger partial charge in [-0.3, -0.25) is 9.36 Å². The van der Waals surface area contributed by atoms with Crippen molar-refractivity contribution in [2.45, 2.75) is 38.4 Å². The number of amides is 1. The van der Waals surface area contributed by atoms with E-state index in [2.05, 4.69) is 10.4 Å². The molecule has 1 atom stereocenters. The van der Waals surface area contributed by atoms with E-state index in [1.54, 1.807) is 18.2 Å². The van der Waals surface area contributed by atoms with E-state index in [0.717, 1.165) is 23.1 Å². The van der Waals surface area contributed by atoms with E-state index in [9.17, 15) is 14.0 Å². The number of aromatic nitrogens is 3. The minimum absolute atomic E-state index is 0.0159. The predicted octanol–water partition coefficient (Wildman–Crippen LogP) is 3.06. The van der Waals surface area contributed by atoms with Gasteiger partial charge in [-0.2, -0.15) is 0 Å². The highest BCUT2D eigenvalue weighted by Gasteiger charge is 2.31. The predicted molar refractivity (Wildman–Crippen MR) is 103 cm³/mol. The van der Waals surface area contributed by atoms with E-state index in [4.69, 9.17) is 0 Å². The number of carbonyl (C=O) groups is 1. The number of nitrogens with one attached hydrogen (secondary N) is 1. The fourth-order valence-electron chi connectivity index (χ4n) is 3.26. The standard InChI is InChI=1S/C21H21FN4O2/c1-14(15-7-3-2-4-8-15)23-19(27)13-25-21(28)26(16-11-12-16)20(24-25)17-9-5-6-10-18(17)22/h2-10,14,16H,11-13H2,1H3,(H,23,27)/t14-/m1/s1. The van der Waals surface area contributed by atoms with Gasteiger partial charge in [-0.25, -0.2) is 13.9 Å². The summed E-state index contributed by atoms with van der Waals surface area (Å²) in [6, 6.07) is 15.6. The largest absolute Gasteiger partial charge is 0.348 e. The summed E-state index contributed by atoms with van der Waals surface area (Å²) in [7, 11) is 0. The quantitative estimate of drug-likeness (QED) is 0.715. The van der Waals surface area contributed by atoms with Crippen LogP contribution in [0.25, 0.3) is 11.4 Å². The molecule has 144 valence electrons. The topological polar surface area (TPSA) is 68.9 Å². The average molecular weight is 380 g/mol. The van der Waals surface area contributed by atoms with Crippen molar-refractivity contribution in [3.63, 3.8) is 0 Å². The van der Waals surface area contributed by atoms with E-state index in [0.29, 0.717) is 0 Å². The monoisotopic (exact) mass is 380 g/mol. The molecule has 0 bridgehead atoms. The summed E-state index contributed by atoms with van der Waals surface area (Å²) in [4.78, 5) is 25.3. The molecule has 0 saturated heterocycles. The van der Waals surface area contributed by atoms with Crippen LogP contribution in [-0.2, 0) is 11.3 Å². The highest BCUT2D eigenvalue weighted by atomic mass is 19.1. The Hall–Kier alpha value is -3.22. The van der Waals surface area contributed by atoms with Crippen molar-refractivity contribution in [3.05, 3.63) is 76.5 Å². The van der Waals surface area contributed by atoms with Gasteiger partial charge in [-0.1, -0.05) is 42.5 Å². The van der Waals surface area contributed by atoms with Crippen LogP contribution in [0.5, 0.6) is 0 Å². The summed E-state index contributed by atoms with van der Waals surface area (Å²) in [6.07, 6.45) is 1.70. The second kappa shape index (κ2) is 7.42. The van der Waals surface area contributed by atoms with Gasteiger partial charge in [-0.05, 0) is 37.5 Å². The summed E-state index contributed by atoms with van der Waals surface area (Å²) < 4.78 is 16.9. The molecule has 7 heteroatoms. The molecule has 1 amide bonds. The third-order valence-corrected chi connectivity index (χ3v) is 4.87. The van der Waals surface area contributed by atoms with Crippen LogP contribution in [0.1, 0.15) is 37.4 Å². The molecule has 2 aromatic carbocycles. The first kappa shape index (κ1) is 18.2. The van der Waals surface area contributed by atoms with Gasteiger partial charge in [0, 0.05) is 6.04 Å². The molecule has 1 saturated carbocycles. The third kappa shape index (κ3) is 3.60. The normalized spacial score (nSPS) is 14.6. The van der Waals surface area contributed by atoms with E-state index in [1.807, 2.05) is 37.3 Å². The maximum atomic E-state index is 14.3. The van der Waals surface area contributed by atoms with Gasteiger partial charge in [0.2, 0.25) is 5.91 Å². The number of hydrogen-bond acceptors (Lipinski definition) is 3. The molecule has 4 rings (SSSR count). The SMILES string of the molecule is C[C@@H](NC(=O)Cn1nc(-c2ccccc2F)n(C2CC2)c1=O)c1ccccc1. The second-order valence-electron chi connectivity index (χ2n) is 7.04. The van der Waals surface area contributed by atoms with Gasteiger partial charge in [-0.15, -0.1) is 5.10 Å². The first-order chi connectivity index (χ1) is 13.5. The molecule has 1 heterocycles. The molecule has 0 radical (unpaired) electrons. The lowest BCUT2D eigenvalue weighted by atomic mass is 10.1. The van der Waals surface area contributed by atoms with Crippen LogP contribution < -0.4 is 11.0 Å². The summed E-state index contributed by atoms with van der Waals surface area (Å²) in [5.41, 5.74) is 0.852. The Morgan fingerprint density at radius 3 is 2.54 bits per heavy atom. The summed E-state index contributed by atoms with van der Waals surface area (Å²) in [5.74, 6) is -0.489. The number of halogens is 1. The number of nitrogens with zero attached hydrogens (tertiary/aromatic N) is 3. The van der Waals surface area contributed by atoms with E-state index in [-0.39, 0.29) is 41.6 Å². The Bertz CT molecular complexity index is 1050. The van der Waals surface area contributed by atoms with Gasteiger partial charge in [0.15, 0.2) is 5.82 Å². The number of rotatable bonds is 6. The number of carbonyl (C=O) groups excluding carboxylic acids is 1. The summed E-state index contributed by atoms with van der Waals surface area (Å²) in [6.45, 7) is 1.67. The Kier molecular flexibility index (Phi) is 4.81. The maximum Gasteiger partial charge on any atom is 0.346 e. The van der Waals surface area contributed by atoms with Crippen molar-refractivity contribution < 1.29 is 9.18 Å². The highest BCUT2D eigenvalue weighted by Crippen LogP contribution is 2.36. The molecule has 3 aromatic rings. The highest BCUT2D eigenvalue weighted by molar-refractivity contribution is 5.76. The minimum Gasteiger partial charge on any atom is -0.348 e. The molecule has 28 heavy (non-hydrogen) atoms. The lowest BCUT2D eigenvalue weighted by Gasteiger charge is -2.13. The Labute approximate surface area is 161 Å². The summed E-state index contributed by atoms with van der Waals surface area (Å²) >= 11 is 0. The molecule has 0 aliphatic heterocycles. The average Bonchev–Trinajstić information content (AvgIpc) is 3.48. The molecule has 0 spiro atoms. The van der Waals surface area contributed by atoms with Crippen molar-refractivity contribution in [3.8, 4) is 11.4 Å². The minimum atomic E-state index is -0.441. The van der Waals surface area contributed by atoms with Crippen molar-refractivity contribution in [2.75, 3.05) is 0 Å². The smallest absolute Gasteiger partial charge is 0.346 e. The van der Waals surface area contributed by atoms with Crippen LogP contribution in [0, 0.1) is 5.82 Å². The van der Waals surface area contributed by atoms with Crippen LogP contribution in [-0.4, -0.2) is 20.3 Å². The third-order valence-electron chi connectivity index (χ3n) is 4.87. The molecular formula is C21H21FN4O2. The Morgan fingerprint density at radius 1 is 1.18 bits per heavy atom. The van der Waals surface area contributed by atoms with Crippen molar-refractivity contribution in [1.29, 1.82) is 0 Å². The molecule has 1 aromatic heterocycles. The summed E-state index contributed by atoms with van der Waals surface area (Å²) in [5, 5.41) is 7.16. The second-order valence-corrected chi connectivity index (χ2v) is 7.04. The zero-order valence-corrected chi connectivity index (χ0v) is 15.5. The van der Waals surface area contributed by atoms with E-state index in [1.165, 1.54) is 10.6 Å². The van der Waals surface area contributed by atoms with Gasteiger partial charge in [0.1, 0.15) is 12.4 Å². The van der Waals surface area contributed by atoms with Crippen LogP contribution >= 0.6 is 0 Å². The van der Waals surface area contributed by atoms with Gasteiger partial charge < -0.3 is 5.32 Å². The number of hydrogen-bond donors (Lipinski definition) is 1. The van der Waals surface area contributed by atoms with E-state index < -0.39 is 5.82 Å². The number of benzene rings is 2. The van der Waals surface area contributed by atoms with E-state index >= 15 is 0 Å². The fraction of sp³-hybridized carbons (Fsp3) is 0.286. The van der Waals surface area contributed by atoms with Crippen molar-refractivity contribution >= 4 is 5.91 Å². The first-order valence-corrected chi connectivity index (χ1v) is 9.33. The van der Waals surface area contributed by atoms with Gasteiger partial charge in [0.25, 0.3) is 0 Å². The Morgan fingerprint density at radius 2 is 1.86 bits per heavy atom. The molecule has 1 fully saturated rings. The van der Waals surface area contributed by atoms with Crippen LogP contribution in [0.2, 0.25) is 0 Å². The molecule has 0 unspecified atom stereocenters. The van der Waals surface area contributed by atoms with Crippen molar-refractivity contribution in [1.82, 2.24) is 19.7 Å². The van der Waals surface area contributed by atoms with Crippen LogP contribution in [0.15, 0.2) is 59.4 Å². The zero-order valence-electron chi connectivity index (χ0n) is 15.5. The molecule has 1 aliphatic carbocycles. The van der Waals surface area contributed by atoms with Gasteiger partial charge >= 0.3 is 5.69 Å². The molecule has 1 N–H and O–H groups in total. The maximum absolute atomic E-state index is 14.3. The van der Waals surface area contributed by atoms with Gasteiger partial charge in [0.05, 0.1) is 11.6 Å². The Balaban J connectivity index is 1.59. The van der Waals surface area contributed by atoms with Crippen LogP contribution in [0.3, 0.4) is 0 Å². The first-order valence-electron chi connectivity index (χ1n) is 9.33. The van der Waals surface area contributed by atoms with Crippen molar-refractivity contribution in [2.24, 2.45) is 0 Å². The fourth-order valence-corrected chi connectivity index (χ4v) is 3.26. The molecular weight excluding hydrogens is 359 g/mol. The molecule has 6 nitrogen and oxygen atoms in total. The van der Waals surface area contributed by atoms with Crippen LogP contribution in [0.4, 0.5) is 4.39 Å². The molecule has 1 aliphatic rings. The zero-order chi connectivity index (χ0) is 19.7. The lowest BCUT2D eigenvalue weighted by molar-refractivity contribution is -0.122.